The number of methoxy groups -OCH3 is 2. The van der Waals surface area contributed by atoms with Crippen LogP contribution in [0.2, 0.25) is 0 Å². The van der Waals surface area contributed by atoms with Gasteiger partial charge in [0.1, 0.15) is 0 Å². The summed E-state index contributed by atoms with van der Waals surface area (Å²) in [4.78, 5) is 12.9. The van der Waals surface area contributed by atoms with Gasteiger partial charge in [-0.15, -0.1) is 5.10 Å². The van der Waals surface area contributed by atoms with Gasteiger partial charge in [-0.1, -0.05) is 73.3 Å². The molecule has 0 spiro atoms. The lowest BCUT2D eigenvalue weighted by Crippen LogP contribution is -2.32. The third kappa shape index (κ3) is 3.96. The van der Waals surface area contributed by atoms with Crippen molar-refractivity contribution in [2.45, 2.75) is 11.8 Å². The van der Waals surface area contributed by atoms with E-state index in [1.807, 2.05) is 72.8 Å². The zero-order valence-electron chi connectivity index (χ0n) is 20.3. The summed E-state index contributed by atoms with van der Waals surface area (Å²) in [7, 11) is 3.25. The molecule has 6 heteroatoms. The van der Waals surface area contributed by atoms with Gasteiger partial charge in [-0.3, -0.25) is 4.79 Å². The van der Waals surface area contributed by atoms with Gasteiger partial charge >= 0.3 is 0 Å². The van der Waals surface area contributed by atoms with Gasteiger partial charge in [-0.25, -0.2) is 0 Å². The maximum absolute atomic E-state index is 12.9. The maximum atomic E-state index is 12.9. The molecule has 180 valence electrons. The van der Waals surface area contributed by atoms with Crippen molar-refractivity contribution in [2.75, 3.05) is 19.5 Å². The minimum absolute atomic E-state index is 0.281. The van der Waals surface area contributed by atoms with E-state index in [1.54, 1.807) is 14.2 Å². The Bertz CT molecular complexity index is 1440. The zero-order valence-corrected chi connectivity index (χ0v) is 20.3. The first-order chi connectivity index (χ1) is 17.6. The van der Waals surface area contributed by atoms with Crippen LogP contribution in [0.4, 0.5) is 11.5 Å². The summed E-state index contributed by atoms with van der Waals surface area (Å²) in [5.74, 6) is 1.64. The van der Waals surface area contributed by atoms with Crippen LogP contribution < -0.4 is 14.8 Å². The number of allylic oxidation sites excluding steroid dienone is 2. The third-order valence-electron chi connectivity index (χ3n) is 6.61. The van der Waals surface area contributed by atoms with Crippen LogP contribution in [-0.2, 0) is 11.8 Å². The summed E-state index contributed by atoms with van der Waals surface area (Å²) in [6.07, 6.45) is 6.04. The van der Waals surface area contributed by atoms with Crippen molar-refractivity contribution in [3.8, 4) is 11.5 Å². The summed E-state index contributed by atoms with van der Waals surface area (Å²) in [6, 6.07) is 26.0. The highest BCUT2D eigenvalue weighted by molar-refractivity contribution is 5.91. The zero-order chi connectivity index (χ0) is 25.1. The molecule has 5 rings (SSSR count). The first kappa shape index (κ1) is 23.2. The Hall–Kier alpha value is -4.58. The largest absolute Gasteiger partial charge is 0.493 e. The number of aromatic nitrogens is 2. The van der Waals surface area contributed by atoms with E-state index in [2.05, 4.69) is 35.2 Å². The Morgan fingerprint density at radius 1 is 0.972 bits per heavy atom. The fraction of sp³-hybridized carbons (Fsp3) is 0.133. The molecular weight excluding hydrogens is 450 g/mol. The smallest absolute Gasteiger partial charge is 0.270 e. The number of rotatable bonds is 7. The number of hydrogen-bond donors (Lipinski definition) is 1. The second-order valence-corrected chi connectivity index (χ2v) is 8.57. The first-order valence-corrected chi connectivity index (χ1v) is 11.7. The van der Waals surface area contributed by atoms with Crippen LogP contribution in [0.1, 0.15) is 27.2 Å². The van der Waals surface area contributed by atoms with E-state index in [-0.39, 0.29) is 5.91 Å². The Balaban J connectivity index is 1.69. The monoisotopic (exact) mass is 477 g/mol. The number of anilines is 2. The van der Waals surface area contributed by atoms with Crippen LogP contribution in [-0.4, -0.2) is 29.9 Å². The number of hydrogen-bond acceptors (Lipinski definition) is 5. The maximum Gasteiger partial charge on any atom is 0.270 e. The van der Waals surface area contributed by atoms with Crippen LogP contribution in [0.25, 0.3) is 6.08 Å². The highest BCUT2D eigenvalue weighted by Gasteiger charge is 2.39. The Labute approximate surface area is 210 Å². The van der Waals surface area contributed by atoms with Crippen LogP contribution in [0.15, 0.2) is 97.6 Å². The van der Waals surface area contributed by atoms with Crippen molar-refractivity contribution < 1.29 is 14.3 Å². The van der Waals surface area contributed by atoms with Crippen molar-refractivity contribution in [1.29, 1.82) is 0 Å². The van der Waals surface area contributed by atoms with E-state index in [0.29, 0.717) is 23.7 Å². The lowest BCUT2D eigenvalue weighted by Gasteiger charge is -2.35. The molecule has 0 amide bonds. The summed E-state index contributed by atoms with van der Waals surface area (Å²) < 4.78 is 12.6. The van der Waals surface area contributed by atoms with E-state index in [9.17, 15) is 4.79 Å². The minimum Gasteiger partial charge on any atom is -0.493 e. The predicted octanol–water partition coefficient (Wildman–Crippen LogP) is 6.03. The minimum atomic E-state index is -0.558. The molecule has 0 saturated heterocycles. The van der Waals surface area contributed by atoms with Crippen molar-refractivity contribution in [3.05, 3.63) is 120 Å². The average molecular weight is 478 g/mol. The molecule has 0 bridgehead atoms. The van der Waals surface area contributed by atoms with E-state index in [4.69, 9.17) is 9.47 Å². The predicted molar refractivity (Wildman–Crippen MR) is 142 cm³/mol. The van der Waals surface area contributed by atoms with Gasteiger partial charge in [-0.2, -0.15) is 4.68 Å². The van der Waals surface area contributed by atoms with Gasteiger partial charge in [0.15, 0.2) is 17.3 Å². The van der Waals surface area contributed by atoms with E-state index in [1.165, 1.54) is 10.8 Å². The van der Waals surface area contributed by atoms with Crippen LogP contribution in [0.3, 0.4) is 0 Å². The molecule has 1 unspecified atom stereocenters. The van der Waals surface area contributed by atoms with Gasteiger partial charge in [-0.05, 0) is 41.5 Å². The van der Waals surface area contributed by atoms with Crippen LogP contribution in [0, 0.1) is 0 Å². The summed E-state index contributed by atoms with van der Waals surface area (Å²) >= 11 is 0. The fourth-order valence-electron chi connectivity index (χ4n) is 4.79. The normalized spacial score (nSPS) is 16.2. The van der Waals surface area contributed by atoms with Crippen molar-refractivity contribution in [3.63, 3.8) is 0 Å². The second kappa shape index (κ2) is 9.58. The van der Waals surface area contributed by atoms with E-state index < -0.39 is 5.41 Å². The lowest BCUT2D eigenvalue weighted by molar-refractivity contribution is 0.0950. The Morgan fingerprint density at radius 2 is 1.67 bits per heavy atom. The van der Waals surface area contributed by atoms with Gasteiger partial charge in [0.2, 0.25) is 0 Å². The van der Waals surface area contributed by atoms with Gasteiger partial charge in [0.05, 0.1) is 19.9 Å². The Kier molecular flexibility index (Phi) is 6.17. The molecule has 1 aliphatic rings. The molecule has 0 aliphatic heterocycles. The third-order valence-corrected chi connectivity index (χ3v) is 6.61. The number of fused-ring (bicyclic) bond motifs is 1. The number of carbonyl (C=O) groups excluding carboxylic acids is 1. The molecular formula is C30H27N3O3. The number of para-hydroxylation sites is 1. The molecule has 6 nitrogen and oxygen atoms in total. The molecule has 1 atom stereocenters. The van der Waals surface area contributed by atoms with E-state index in [0.717, 1.165) is 28.1 Å². The molecule has 0 saturated carbocycles. The number of benzene rings is 3. The van der Waals surface area contributed by atoms with Crippen molar-refractivity contribution >= 4 is 23.5 Å². The number of nitrogens with zero attached hydrogens (tertiary/aromatic N) is 2. The summed E-state index contributed by atoms with van der Waals surface area (Å²) in [6.45, 7) is 3.69. The van der Waals surface area contributed by atoms with Gasteiger partial charge < -0.3 is 14.8 Å². The SMILES string of the molecule is C=CC(=O)n1nc(Nc2ccccc2)c2c1CC(c1ccccc1)(c1ccc(OC)c(OC)c1)C=C2. The quantitative estimate of drug-likeness (QED) is 0.330. The number of carbonyl (C=O) groups is 1. The average Bonchev–Trinajstić information content (AvgIpc) is 3.30. The molecule has 4 aromatic rings. The van der Waals surface area contributed by atoms with Gasteiger partial charge in [0.25, 0.3) is 5.91 Å². The molecule has 1 aromatic heterocycles. The number of nitrogens with one attached hydrogen (secondary N) is 1. The Morgan fingerprint density at radius 3 is 2.33 bits per heavy atom. The first-order valence-electron chi connectivity index (χ1n) is 11.7. The van der Waals surface area contributed by atoms with E-state index >= 15 is 0 Å². The standard InChI is InChI=1S/C30H27N3O3/c1-4-28(34)33-25-20-30(21-11-7-5-8-12-21,22-15-16-26(35-2)27(19-22)36-3)18-17-24(25)29(32-33)31-23-13-9-6-10-14-23/h4-19H,1,20H2,2-3H3,(H,31,32). The molecule has 1 N–H and O–H groups in total. The van der Waals surface area contributed by atoms with Crippen molar-refractivity contribution in [2.24, 2.45) is 0 Å². The van der Waals surface area contributed by atoms with Gasteiger partial charge in [0, 0.05) is 23.1 Å². The fourth-order valence-corrected chi connectivity index (χ4v) is 4.79. The molecule has 0 radical (unpaired) electrons. The molecule has 3 aromatic carbocycles. The molecule has 36 heavy (non-hydrogen) atoms. The van der Waals surface area contributed by atoms with Crippen LogP contribution in [0.5, 0.6) is 11.5 Å². The summed E-state index contributed by atoms with van der Waals surface area (Å²) in [5.41, 5.74) is 4.13. The highest BCUT2D eigenvalue weighted by atomic mass is 16.5. The molecule has 0 fully saturated rings. The lowest BCUT2D eigenvalue weighted by atomic mass is 9.68. The second-order valence-electron chi connectivity index (χ2n) is 8.57. The topological polar surface area (TPSA) is 65.4 Å². The highest BCUT2D eigenvalue weighted by Crippen LogP contribution is 2.45. The summed E-state index contributed by atoms with van der Waals surface area (Å²) in [5, 5.41) is 8.03. The molecule has 1 aliphatic carbocycles. The number of ether oxygens (including phenoxy) is 2. The van der Waals surface area contributed by atoms with Crippen molar-refractivity contribution in [1.82, 2.24) is 9.78 Å². The molecule has 1 heterocycles. The van der Waals surface area contributed by atoms with Crippen LogP contribution >= 0.6 is 0 Å².